The van der Waals surface area contributed by atoms with Gasteiger partial charge in [-0.15, -0.1) is 0 Å². The highest BCUT2D eigenvalue weighted by Gasteiger charge is 2.28. The van der Waals surface area contributed by atoms with Gasteiger partial charge in [0.2, 0.25) is 0 Å². The molecule has 4 heteroatoms. The van der Waals surface area contributed by atoms with Crippen molar-refractivity contribution in [1.82, 2.24) is 0 Å². The van der Waals surface area contributed by atoms with Crippen molar-refractivity contribution in [1.29, 1.82) is 0 Å². The summed E-state index contributed by atoms with van der Waals surface area (Å²) in [5.41, 5.74) is -1.04. The van der Waals surface area contributed by atoms with E-state index in [1.54, 1.807) is 0 Å². The molecule has 0 heterocycles. The molecule has 12 heavy (non-hydrogen) atoms. The van der Waals surface area contributed by atoms with Crippen molar-refractivity contribution in [2.45, 2.75) is 13.8 Å². The number of hydrogen-bond donors (Lipinski definition) is 1. The van der Waals surface area contributed by atoms with Gasteiger partial charge in [-0.05, 0) is 13.8 Å². The Bertz CT molecular complexity index is 205. The molecule has 0 aliphatic rings. The summed E-state index contributed by atoms with van der Waals surface area (Å²) in [7, 11) is 0. The molecule has 0 atom stereocenters. The van der Waals surface area contributed by atoms with E-state index < -0.39 is 17.4 Å². The van der Waals surface area contributed by atoms with Gasteiger partial charge in [-0.25, -0.2) is 4.79 Å². The highest BCUT2D eigenvalue weighted by Crippen LogP contribution is 2.15. The van der Waals surface area contributed by atoms with Gasteiger partial charge in [-0.3, -0.25) is 4.79 Å². The number of carboxylic acid groups (broad SMARTS) is 1. The molecule has 0 fully saturated rings. The fourth-order valence-corrected chi connectivity index (χ4v) is 0.372. The Balaban J connectivity index is 4.00. The quantitative estimate of drug-likeness (QED) is 0.503. The predicted molar refractivity (Wildman–Crippen MR) is 42.6 cm³/mol. The van der Waals surface area contributed by atoms with Gasteiger partial charge in [-0.2, -0.15) is 0 Å². The molecule has 0 saturated heterocycles. The smallest absolute Gasteiger partial charge is 0.330 e. The van der Waals surface area contributed by atoms with Gasteiger partial charge in [0.05, 0.1) is 5.41 Å². The second kappa shape index (κ2) is 3.90. The first-order valence-electron chi connectivity index (χ1n) is 3.43. The Morgan fingerprint density at radius 1 is 1.58 bits per heavy atom. The van der Waals surface area contributed by atoms with Crippen LogP contribution in [0.3, 0.4) is 0 Å². The van der Waals surface area contributed by atoms with Crippen LogP contribution in [0.5, 0.6) is 0 Å². The van der Waals surface area contributed by atoms with Crippen LogP contribution in [0.2, 0.25) is 0 Å². The largest absolute Gasteiger partial charge is 0.481 e. The topological polar surface area (TPSA) is 63.6 Å². The number of rotatable bonds is 4. The van der Waals surface area contributed by atoms with Gasteiger partial charge in [0.25, 0.3) is 0 Å². The molecule has 0 spiro atoms. The second-order valence-electron chi connectivity index (χ2n) is 3.00. The maximum atomic E-state index is 10.5. The number of hydrogen-bond acceptors (Lipinski definition) is 3. The van der Waals surface area contributed by atoms with E-state index in [2.05, 4.69) is 11.3 Å². The molecular formula is C8H12O4. The standard InChI is InChI=1S/C8H12O4/c1-4-6(9)12-5-8(2,3)7(10)11/h4H,1,5H2,2-3H3,(H,10,11). The van der Waals surface area contributed by atoms with Crippen LogP contribution >= 0.6 is 0 Å². The summed E-state index contributed by atoms with van der Waals surface area (Å²) in [6.07, 6.45) is 0.998. The Kier molecular flexibility index (Phi) is 3.47. The number of carbonyl (C=O) groups excluding carboxylic acids is 1. The van der Waals surface area contributed by atoms with Crippen LogP contribution in [0.25, 0.3) is 0 Å². The molecule has 0 aromatic heterocycles. The Morgan fingerprint density at radius 3 is 2.42 bits per heavy atom. The van der Waals surface area contributed by atoms with Crippen molar-refractivity contribution in [2.75, 3.05) is 6.61 Å². The highest BCUT2D eigenvalue weighted by atomic mass is 16.5. The predicted octanol–water partition coefficient (Wildman–Crippen LogP) is 0.826. The van der Waals surface area contributed by atoms with Gasteiger partial charge in [-0.1, -0.05) is 6.58 Å². The molecule has 1 N–H and O–H groups in total. The molecule has 0 radical (unpaired) electrons. The first kappa shape index (κ1) is 10.7. The van der Waals surface area contributed by atoms with Crippen molar-refractivity contribution in [3.63, 3.8) is 0 Å². The minimum absolute atomic E-state index is 0.146. The van der Waals surface area contributed by atoms with Crippen molar-refractivity contribution in [2.24, 2.45) is 5.41 Å². The van der Waals surface area contributed by atoms with Gasteiger partial charge >= 0.3 is 11.9 Å². The minimum atomic E-state index is -1.04. The van der Waals surface area contributed by atoms with Crippen LogP contribution in [0, 0.1) is 5.41 Å². The van der Waals surface area contributed by atoms with Crippen LogP contribution in [-0.2, 0) is 14.3 Å². The number of carboxylic acids is 1. The maximum Gasteiger partial charge on any atom is 0.330 e. The molecule has 0 unspecified atom stereocenters. The summed E-state index contributed by atoms with van der Waals surface area (Å²) in [6.45, 7) is 5.99. The maximum absolute atomic E-state index is 10.5. The normalized spacial score (nSPS) is 10.5. The summed E-state index contributed by atoms with van der Waals surface area (Å²) < 4.78 is 4.58. The summed E-state index contributed by atoms with van der Waals surface area (Å²) in [4.78, 5) is 21.1. The van der Waals surface area contributed by atoms with E-state index >= 15 is 0 Å². The minimum Gasteiger partial charge on any atom is -0.481 e. The van der Waals surface area contributed by atoms with E-state index in [1.165, 1.54) is 13.8 Å². The molecule has 0 saturated carbocycles. The highest BCUT2D eigenvalue weighted by molar-refractivity contribution is 5.81. The fourth-order valence-electron chi connectivity index (χ4n) is 0.372. The molecule has 0 aromatic carbocycles. The lowest BCUT2D eigenvalue weighted by atomic mass is 9.95. The van der Waals surface area contributed by atoms with E-state index in [9.17, 15) is 9.59 Å². The lowest BCUT2D eigenvalue weighted by molar-refractivity contribution is -0.154. The van der Waals surface area contributed by atoms with Crippen molar-refractivity contribution in [3.05, 3.63) is 12.7 Å². The summed E-state index contributed by atoms with van der Waals surface area (Å²) in [6, 6.07) is 0. The Hall–Kier alpha value is -1.32. The zero-order valence-corrected chi connectivity index (χ0v) is 7.16. The van der Waals surface area contributed by atoms with Crippen LogP contribution in [0.4, 0.5) is 0 Å². The van der Waals surface area contributed by atoms with E-state index in [-0.39, 0.29) is 6.61 Å². The molecule has 0 aliphatic heterocycles. The van der Waals surface area contributed by atoms with E-state index in [0.717, 1.165) is 6.08 Å². The average molecular weight is 172 g/mol. The van der Waals surface area contributed by atoms with Crippen LogP contribution in [0.15, 0.2) is 12.7 Å². The van der Waals surface area contributed by atoms with Gasteiger partial charge in [0.1, 0.15) is 6.61 Å². The van der Waals surface area contributed by atoms with Crippen molar-refractivity contribution in [3.8, 4) is 0 Å². The molecule has 68 valence electrons. The summed E-state index contributed by atoms with van der Waals surface area (Å²) in [5, 5.41) is 8.61. The molecule has 4 nitrogen and oxygen atoms in total. The van der Waals surface area contributed by atoms with Gasteiger partial charge in [0, 0.05) is 6.08 Å². The van der Waals surface area contributed by atoms with E-state index in [0.29, 0.717) is 0 Å². The number of ether oxygens (including phenoxy) is 1. The SMILES string of the molecule is C=CC(=O)OCC(C)(C)C(=O)O. The average Bonchev–Trinajstić information content (AvgIpc) is 2.00. The number of carbonyl (C=O) groups is 2. The summed E-state index contributed by atoms with van der Waals surface area (Å²) in [5.74, 6) is -1.61. The summed E-state index contributed by atoms with van der Waals surface area (Å²) >= 11 is 0. The lowest BCUT2D eigenvalue weighted by Crippen LogP contribution is -2.30. The zero-order valence-electron chi connectivity index (χ0n) is 7.16. The Morgan fingerprint density at radius 2 is 2.08 bits per heavy atom. The van der Waals surface area contributed by atoms with Crippen LogP contribution < -0.4 is 0 Å². The molecule has 0 rings (SSSR count). The second-order valence-corrected chi connectivity index (χ2v) is 3.00. The van der Waals surface area contributed by atoms with Crippen molar-refractivity contribution >= 4 is 11.9 Å². The molecule has 0 aliphatic carbocycles. The van der Waals surface area contributed by atoms with E-state index in [4.69, 9.17) is 5.11 Å². The van der Waals surface area contributed by atoms with Gasteiger partial charge in [0.15, 0.2) is 0 Å². The fraction of sp³-hybridized carbons (Fsp3) is 0.500. The van der Waals surface area contributed by atoms with Crippen LogP contribution in [0.1, 0.15) is 13.8 Å². The van der Waals surface area contributed by atoms with Crippen LogP contribution in [-0.4, -0.2) is 23.7 Å². The van der Waals surface area contributed by atoms with E-state index in [1.807, 2.05) is 0 Å². The molecule has 0 aromatic rings. The third kappa shape index (κ3) is 3.18. The first-order chi connectivity index (χ1) is 5.40. The monoisotopic (exact) mass is 172 g/mol. The molecule has 0 bridgehead atoms. The van der Waals surface area contributed by atoms with Crippen molar-refractivity contribution < 1.29 is 19.4 Å². The Labute approximate surface area is 70.8 Å². The molecule has 0 amide bonds. The number of esters is 1. The first-order valence-corrected chi connectivity index (χ1v) is 3.43. The molecular weight excluding hydrogens is 160 g/mol. The number of aliphatic carboxylic acids is 1. The third-order valence-corrected chi connectivity index (χ3v) is 1.32. The lowest BCUT2D eigenvalue weighted by Gasteiger charge is -2.17. The third-order valence-electron chi connectivity index (χ3n) is 1.32. The zero-order chi connectivity index (χ0) is 9.78. The van der Waals surface area contributed by atoms with Gasteiger partial charge < -0.3 is 9.84 Å².